The zero-order valence-corrected chi connectivity index (χ0v) is 13.2. The molecule has 0 radical (unpaired) electrons. The van der Waals surface area contributed by atoms with Crippen molar-refractivity contribution in [2.24, 2.45) is 0 Å². The molecule has 4 aromatic heterocycles. The highest BCUT2D eigenvalue weighted by molar-refractivity contribution is 7.98. The highest BCUT2D eigenvalue weighted by atomic mass is 32.2. The quantitative estimate of drug-likeness (QED) is 0.401. The van der Waals surface area contributed by atoms with Gasteiger partial charge in [0.25, 0.3) is 0 Å². The van der Waals surface area contributed by atoms with Crippen molar-refractivity contribution in [3.63, 3.8) is 0 Å². The third-order valence-electron chi connectivity index (χ3n) is 2.90. The fraction of sp³-hybridized carbons (Fsp3) is 0.0714. The van der Waals surface area contributed by atoms with Crippen molar-refractivity contribution in [2.75, 3.05) is 0 Å². The maximum Gasteiger partial charge on any atom is 0.177 e. The number of thiophene rings is 2. The molecular formula is C14H9N3OS3. The van der Waals surface area contributed by atoms with Crippen molar-refractivity contribution in [3.8, 4) is 10.6 Å². The standard InChI is InChI=1S/C14H9N3OS3/c1-2-12(19-4-1)11-6-9(17-18-11)7-21-14-10-3-5-20-13(10)15-8-16-14/h1-6,8H,7H2. The fourth-order valence-electron chi connectivity index (χ4n) is 1.94. The normalized spacial score (nSPS) is 11.2. The molecule has 0 unspecified atom stereocenters. The molecule has 4 nitrogen and oxygen atoms in total. The van der Waals surface area contributed by atoms with E-state index in [1.165, 1.54) is 0 Å². The van der Waals surface area contributed by atoms with Gasteiger partial charge in [0, 0.05) is 17.2 Å². The molecule has 104 valence electrons. The summed E-state index contributed by atoms with van der Waals surface area (Å²) in [5.41, 5.74) is 0.922. The van der Waals surface area contributed by atoms with Crippen LogP contribution in [0.1, 0.15) is 5.69 Å². The van der Waals surface area contributed by atoms with E-state index in [-0.39, 0.29) is 0 Å². The Morgan fingerprint density at radius 1 is 1.14 bits per heavy atom. The van der Waals surface area contributed by atoms with Crippen molar-refractivity contribution in [1.29, 1.82) is 0 Å². The molecule has 4 aromatic rings. The number of nitrogens with zero attached hydrogens (tertiary/aromatic N) is 3. The predicted octanol–water partition coefficient (Wildman–Crippen LogP) is 4.70. The van der Waals surface area contributed by atoms with Crippen LogP contribution >= 0.6 is 34.4 Å². The lowest BCUT2D eigenvalue weighted by Gasteiger charge is -1.98. The van der Waals surface area contributed by atoms with Crippen LogP contribution in [0.5, 0.6) is 0 Å². The van der Waals surface area contributed by atoms with Gasteiger partial charge in [0.1, 0.15) is 16.2 Å². The third kappa shape index (κ3) is 2.59. The SMILES string of the molecule is c1csc(-c2cc(CSc3ncnc4sccc34)no2)c1. The van der Waals surface area contributed by atoms with Gasteiger partial charge in [-0.25, -0.2) is 9.97 Å². The highest BCUT2D eigenvalue weighted by Crippen LogP contribution is 2.31. The molecule has 21 heavy (non-hydrogen) atoms. The smallest absolute Gasteiger partial charge is 0.177 e. The van der Waals surface area contributed by atoms with E-state index in [1.54, 1.807) is 40.8 Å². The molecule has 0 saturated heterocycles. The zero-order chi connectivity index (χ0) is 14.1. The van der Waals surface area contributed by atoms with Gasteiger partial charge in [0.15, 0.2) is 5.76 Å². The van der Waals surface area contributed by atoms with Crippen LogP contribution in [0.2, 0.25) is 0 Å². The molecular weight excluding hydrogens is 322 g/mol. The van der Waals surface area contributed by atoms with Crippen molar-refractivity contribution >= 4 is 44.7 Å². The average Bonchev–Trinajstić information content (AvgIpc) is 3.23. The van der Waals surface area contributed by atoms with Crippen LogP contribution in [0.15, 0.2) is 50.9 Å². The molecule has 7 heteroatoms. The first-order valence-electron chi connectivity index (χ1n) is 6.20. The second-order valence-electron chi connectivity index (χ2n) is 4.27. The maximum atomic E-state index is 5.39. The van der Waals surface area contributed by atoms with E-state index in [9.17, 15) is 0 Å². The van der Waals surface area contributed by atoms with Crippen LogP contribution in [-0.4, -0.2) is 15.1 Å². The summed E-state index contributed by atoms with van der Waals surface area (Å²) < 4.78 is 5.39. The second kappa shape index (κ2) is 5.59. The zero-order valence-electron chi connectivity index (χ0n) is 10.7. The van der Waals surface area contributed by atoms with Crippen LogP contribution in [0, 0.1) is 0 Å². The monoisotopic (exact) mass is 331 g/mol. The first-order chi connectivity index (χ1) is 10.4. The number of hydrogen-bond acceptors (Lipinski definition) is 7. The molecule has 0 N–H and O–H groups in total. The number of aromatic nitrogens is 3. The van der Waals surface area contributed by atoms with Crippen molar-refractivity contribution in [2.45, 2.75) is 10.8 Å². The summed E-state index contributed by atoms with van der Waals surface area (Å²) in [6, 6.07) is 8.08. The lowest BCUT2D eigenvalue weighted by atomic mass is 10.3. The van der Waals surface area contributed by atoms with Gasteiger partial charge in [0.2, 0.25) is 0 Å². The Kier molecular flexibility index (Phi) is 3.46. The minimum atomic E-state index is 0.733. The van der Waals surface area contributed by atoms with E-state index in [1.807, 2.05) is 29.0 Å². The van der Waals surface area contributed by atoms with Gasteiger partial charge in [0.05, 0.1) is 10.6 Å². The Balaban J connectivity index is 1.53. The summed E-state index contributed by atoms with van der Waals surface area (Å²) >= 11 is 4.93. The number of fused-ring (bicyclic) bond motifs is 1. The highest BCUT2D eigenvalue weighted by Gasteiger charge is 2.10. The molecule has 0 aliphatic rings. The van der Waals surface area contributed by atoms with Crippen LogP contribution in [0.25, 0.3) is 20.9 Å². The molecule has 0 spiro atoms. The first kappa shape index (κ1) is 13.0. The third-order valence-corrected chi connectivity index (χ3v) is 5.65. The Hall–Kier alpha value is -1.70. The summed E-state index contributed by atoms with van der Waals surface area (Å²) in [5.74, 6) is 1.56. The largest absolute Gasteiger partial charge is 0.355 e. The summed E-state index contributed by atoms with van der Waals surface area (Å²) in [5, 5.41) is 10.3. The molecule has 0 bridgehead atoms. The van der Waals surface area contributed by atoms with Gasteiger partial charge in [-0.2, -0.15) is 0 Å². The molecule has 0 aliphatic heterocycles. The number of rotatable bonds is 4. The van der Waals surface area contributed by atoms with E-state index in [0.29, 0.717) is 0 Å². The van der Waals surface area contributed by atoms with E-state index in [0.717, 1.165) is 37.3 Å². The second-order valence-corrected chi connectivity index (χ2v) is 7.07. The first-order valence-corrected chi connectivity index (χ1v) is 8.95. The average molecular weight is 331 g/mol. The molecule has 4 rings (SSSR count). The molecule has 0 fully saturated rings. The van der Waals surface area contributed by atoms with Gasteiger partial charge in [-0.3, -0.25) is 0 Å². The van der Waals surface area contributed by atoms with E-state index in [4.69, 9.17) is 4.52 Å². The molecule has 0 saturated carbocycles. The molecule has 4 heterocycles. The van der Waals surface area contributed by atoms with Crippen molar-refractivity contribution in [3.05, 3.63) is 47.0 Å². The van der Waals surface area contributed by atoms with Gasteiger partial charge in [-0.1, -0.05) is 23.0 Å². The Morgan fingerprint density at radius 2 is 2.14 bits per heavy atom. The topological polar surface area (TPSA) is 51.8 Å². The van der Waals surface area contributed by atoms with E-state index >= 15 is 0 Å². The predicted molar refractivity (Wildman–Crippen MR) is 86.8 cm³/mol. The molecule has 0 atom stereocenters. The lowest BCUT2D eigenvalue weighted by Crippen LogP contribution is -1.85. The van der Waals surface area contributed by atoms with Crippen LogP contribution in [0.3, 0.4) is 0 Å². The molecule has 0 amide bonds. The minimum absolute atomic E-state index is 0.733. The van der Waals surface area contributed by atoms with Crippen molar-refractivity contribution < 1.29 is 4.52 Å². The van der Waals surface area contributed by atoms with Gasteiger partial charge in [-0.15, -0.1) is 22.7 Å². The van der Waals surface area contributed by atoms with Crippen LogP contribution < -0.4 is 0 Å². The van der Waals surface area contributed by atoms with Gasteiger partial charge < -0.3 is 4.52 Å². The molecule has 0 aromatic carbocycles. The fourth-order valence-corrected chi connectivity index (χ4v) is 4.27. The Morgan fingerprint density at radius 3 is 3.05 bits per heavy atom. The van der Waals surface area contributed by atoms with Crippen molar-refractivity contribution in [1.82, 2.24) is 15.1 Å². The summed E-state index contributed by atoms with van der Waals surface area (Å²) in [6.45, 7) is 0. The minimum Gasteiger partial charge on any atom is -0.355 e. The number of hydrogen-bond donors (Lipinski definition) is 0. The Labute approximate surface area is 132 Å². The van der Waals surface area contributed by atoms with E-state index in [2.05, 4.69) is 21.2 Å². The Bertz CT molecular complexity index is 867. The van der Waals surface area contributed by atoms with Gasteiger partial charge in [-0.05, 0) is 22.9 Å². The summed E-state index contributed by atoms with van der Waals surface area (Å²) in [7, 11) is 0. The van der Waals surface area contributed by atoms with E-state index < -0.39 is 0 Å². The summed E-state index contributed by atoms with van der Waals surface area (Å²) in [4.78, 5) is 10.7. The molecule has 0 aliphatic carbocycles. The number of thioether (sulfide) groups is 1. The van der Waals surface area contributed by atoms with Crippen LogP contribution in [0.4, 0.5) is 0 Å². The lowest BCUT2D eigenvalue weighted by molar-refractivity contribution is 0.427. The van der Waals surface area contributed by atoms with Crippen LogP contribution in [-0.2, 0) is 5.75 Å². The van der Waals surface area contributed by atoms with Gasteiger partial charge >= 0.3 is 0 Å². The maximum absolute atomic E-state index is 5.39. The summed E-state index contributed by atoms with van der Waals surface area (Å²) in [6.07, 6.45) is 1.61.